The number of nitrogens with two attached hydrogens (primary N) is 1. The predicted octanol–water partition coefficient (Wildman–Crippen LogP) is 4.69. The highest BCUT2D eigenvalue weighted by molar-refractivity contribution is 8.00. The number of nitrogen functional groups attached to an aromatic ring is 1. The van der Waals surface area contributed by atoms with Crippen molar-refractivity contribution in [3.63, 3.8) is 0 Å². The van der Waals surface area contributed by atoms with Gasteiger partial charge in [0.15, 0.2) is 5.82 Å². The molecule has 1 aromatic heterocycles. The van der Waals surface area contributed by atoms with Crippen molar-refractivity contribution < 1.29 is 18.3 Å². The van der Waals surface area contributed by atoms with Crippen LogP contribution in [-0.4, -0.2) is 32.6 Å². The second-order valence-corrected chi connectivity index (χ2v) is 8.02. The summed E-state index contributed by atoms with van der Waals surface area (Å²) in [7, 11) is 0. The lowest BCUT2D eigenvalue weighted by Gasteiger charge is -2.13. The Hall–Kier alpha value is -2.56. The van der Waals surface area contributed by atoms with Crippen LogP contribution in [0.5, 0.6) is 5.75 Å². The predicted molar refractivity (Wildman–Crippen MR) is 113 cm³/mol. The molecular weight excluding hydrogens is 459 g/mol. The molecule has 12 heteroatoms. The zero-order valence-corrected chi connectivity index (χ0v) is 17.7. The molecule has 1 amide bonds. The van der Waals surface area contributed by atoms with Crippen molar-refractivity contribution in [2.45, 2.75) is 23.9 Å². The van der Waals surface area contributed by atoms with Gasteiger partial charge >= 0.3 is 6.61 Å². The van der Waals surface area contributed by atoms with Gasteiger partial charge in [-0.15, -0.1) is 10.2 Å². The van der Waals surface area contributed by atoms with E-state index in [0.29, 0.717) is 22.1 Å². The van der Waals surface area contributed by atoms with Crippen LogP contribution in [0.25, 0.3) is 11.4 Å². The lowest BCUT2D eigenvalue weighted by atomic mass is 10.2. The number of amides is 1. The maximum Gasteiger partial charge on any atom is 0.387 e. The molecular formula is C18H15Cl2F2N5O2S. The average molecular weight is 474 g/mol. The number of carbonyl (C=O) groups excluding carboxylic acids is 1. The quantitative estimate of drug-likeness (QED) is 0.381. The van der Waals surface area contributed by atoms with E-state index < -0.39 is 11.9 Å². The fraction of sp³-hybridized carbons (Fsp3) is 0.167. The third kappa shape index (κ3) is 5.13. The third-order valence-corrected chi connectivity index (χ3v) is 5.74. The number of ether oxygens (including phenoxy) is 1. The third-order valence-electron chi connectivity index (χ3n) is 3.86. The molecule has 3 aromatic rings. The summed E-state index contributed by atoms with van der Waals surface area (Å²) >= 11 is 13.1. The zero-order chi connectivity index (χ0) is 21.8. The van der Waals surface area contributed by atoms with Gasteiger partial charge in [-0.25, -0.2) is 4.68 Å². The minimum Gasteiger partial charge on any atom is -0.435 e. The van der Waals surface area contributed by atoms with E-state index >= 15 is 0 Å². The summed E-state index contributed by atoms with van der Waals surface area (Å²) < 4.78 is 30.0. The highest BCUT2D eigenvalue weighted by Crippen LogP contribution is 2.31. The van der Waals surface area contributed by atoms with Gasteiger partial charge in [0.25, 0.3) is 0 Å². The summed E-state index contributed by atoms with van der Waals surface area (Å²) in [6.07, 6.45) is 0. The van der Waals surface area contributed by atoms with E-state index in [4.69, 9.17) is 29.0 Å². The number of halogens is 4. The maximum atomic E-state index is 12.5. The summed E-state index contributed by atoms with van der Waals surface area (Å²) in [4.78, 5) is 12.5. The van der Waals surface area contributed by atoms with Gasteiger partial charge in [0.1, 0.15) is 5.75 Å². The first kappa shape index (κ1) is 22.1. The van der Waals surface area contributed by atoms with Gasteiger partial charge in [-0.3, -0.25) is 4.79 Å². The molecule has 1 heterocycles. The van der Waals surface area contributed by atoms with Crippen LogP contribution in [0.3, 0.4) is 0 Å². The molecule has 0 bridgehead atoms. The van der Waals surface area contributed by atoms with Crippen LogP contribution in [-0.2, 0) is 4.79 Å². The molecule has 0 saturated heterocycles. The first-order valence-corrected chi connectivity index (χ1v) is 10.1. The van der Waals surface area contributed by atoms with Gasteiger partial charge < -0.3 is 15.9 Å². The van der Waals surface area contributed by atoms with Gasteiger partial charge in [-0.2, -0.15) is 8.78 Å². The Morgan fingerprint density at radius 1 is 1.20 bits per heavy atom. The van der Waals surface area contributed by atoms with Crippen LogP contribution in [0.4, 0.5) is 14.5 Å². The fourth-order valence-electron chi connectivity index (χ4n) is 2.39. The van der Waals surface area contributed by atoms with Gasteiger partial charge in [-0.1, -0.05) is 41.0 Å². The van der Waals surface area contributed by atoms with Crippen molar-refractivity contribution in [2.75, 3.05) is 11.2 Å². The number of carbonyl (C=O) groups is 1. The number of anilines is 1. The molecule has 0 spiro atoms. The number of nitrogens with zero attached hydrogens (tertiary/aromatic N) is 3. The van der Waals surface area contributed by atoms with E-state index in [1.54, 1.807) is 25.1 Å². The van der Waals surface area contributed by atoms with Gasteiger partial charge in [0.2, 0.25) is 11.1 Å². The van der Waals surface area contributed by atoms with E-state index in [-0.39, 0.29) is 21.8 Å². The standard InChI is InChI=1S/C18H15Cl2F2N5O2S/c1-9(16(28)24-13-4-2-3-12(19)14(13)20)30-18-26-25-15(27(18)23)10-5-7-11(8-6-10)29-17(21)22/h2-9,17H,23H2,1H3,(H,24,28). The molecule has 30 heavy (non-hydrogen) atoms. The molecule has 3 rings (SSSR count). The van der Waals surface area contributed by atoms with E-state index in [0.717, 1.165) is 11.8 Å². The molecule has 0 aliphatic carbocycles. The number of aromatic nitrogens is 3. The Morgan fingerprint density at radius 2 is 1.90 bits per heavy atom. The lowest BCUT2D eigenvalue weighted by Crippen LogP contribution is -2.23. The molecule has 0 fully saturated rings. The molecule has 3 N–H and O–H groups in total. The Labute approximate surface area is 184 Å². The summed E-state index contributed by atoms with van der Waals surface area (Å²) in [5.74, 6) is 6.03. The lowest BCUT2D eigenvalue weighted by molar-refractivity contribution is -0.115. The molecule has 7 nitrogen and oxygen atoms in total. The second-order valence-electron chi connectivity index (χ2n) is 5.93. The van der Waals surface area contributed by atoms with Crippen molar-refractivity contribution in [1.82, 2.24) is 14.9 Å². The molecule has 0 saturated carbocycles. The Balaban J connectivity index is 1.69. The Morgan fingerprint density at radius 3 is 2.57 bits per heavy atom. The number of hydrogen-bond donors (Lipinski definition) is 2. The first-order chi connectivity index (χ1) is 14.3. The molecule has 0 aliphatic rings. The zero-order valence-electron chi connectivity index (χ0n) is 15.4. The smallest absolute Gasteiger partial charge is 0.387 e. The van der Waals surface area contributed by atoms with Crippen molar-refractivity contribution >= 4 is 46.6 Å². The van der Waals surface area contributed by atoms with Crippen LogP contribution in [0.1, 0.15) is 6.92 Å². The number of nitrogens with one attached hydrogen (secondary N) is 1. The van der Waals surface area contributed by atoms with Crippen molar-refractivity contribution in [1.29, 1.82) is 0 Å². The van der Waals surface area contributed by atoms with Crippen molar-refractivity contribution in [2.24, 2.45) is 0 Å². The molecule has 158 valence electrons. The molecule has 2 aromatic carbocycles. The summed E-state index contributed by atoms with van der Waals surface area (Å²) in [6.45, 7) is -1.24. The molecule has 0 aliphatic heterocycles. The number of rotatable bonds is 7. The molecule has 1 unspecified atom stereocenters. The molecule has 0 radical (unpaired) electrons. The second kappa shape index (κ2) is 9.50. The van der Waals surface area contributed by atoms with Crippen LogP contribution in [0.15, 0.2) is 47.6 Å². The summed E-state index contributed by atoms with van der Waals surface area (Å²) in [5.41, 5.74) is 0.934. The van der Waals surface area contributed by atoms with Crippen LogP contribution < -0.4 is 15.9 Å². The number of alkyl halides is 2. The maximum absolute atomic E-state index is 12.5. The van der Waals surface area contributed by atoms with Gasteiger partial charge in [-0.05, 0) is 43.3 Å². The number of hydrogen-bond acceptors (Lipinski definition) is 6. The number of benzene rings is 2. The van der Waals surface area contributed by atoms with E-state index in [9.17, 15) is 13.6 Å². The first-order valence-electron chi connectivity index (χ1n) is 8.43. The molecule has 1 atom stereocenters. The highest BCUT2D eigenvalue weighted by atomic mass is 35.5. The van der Waals surface area contributed by atoms with Crippen molar-refractivity contribution in [3.05, 3.63) is 52.5 Å². The van der Waals surface area contributed by atoms with Crippen molar-refractivity contribution in [3.8, 4) is 17.1 Å². The van der Waals surface area contributed by atoms with E-state index in [1.807, 2.05) is 0 Å². The van der Waals surface area contributed by atoms with Gasteiger partial charge in [0.05, 0.1) is 21.0 Å². The Bertz CT molecular complexity index is 1050. The van der Waals surface area contributed by atoms with Crippen LogP contribution in [0.2, 0.25) is 10.0 Å². The monoisotopic (exact) mass is 473 g/mol. The SMILES string of the molecule is CC(Sc1nnc(-c2ccc(OC(F)F)cc2)n1N)C(=O)Nc1cccc(Cl)c1Cl. The Kier molecular flexibility index (Phi) is 7.01. The summed E-state index contributed by atoms with van der Waals surface area (Å²) in [5, 5.41) is 11.0. The van der Waals surface area contributed by atoms with Gasteiger partial charge in [0, 0.05) is 5.56 Å². The average Bonchev–Trinajstić information content (AvgIpc) is 3.06. The van der Waals surface area contributed by atoms with E-state index in [2.05, 4.69) is 20.3 Å². The topological polar surface area (TPSA) is 95.1 Å². The normalized spacial score (nSPS) is 12.1. The minimum atomic E-state index is -2.91. The van der Waals surface area contributed by atoms with Crippen LogP contribution >= 0.6 is 35.0 Å². The highest BCUT2D eigenvalue weighted by Gasteiger charge is 2.21. The summed E-state index contributed by atoms with van der Waals surface area (Å²) in [6, 6.07) is 10.7. The fourth-order valence-corrected chi connectivity index (χ4v) is 3.50. The van der Waals surface area contributed by atoms with E-state index in [1.165, 1.54) is 28.9 Å². The largest absolute Gasteiger partial charge is 0.435 e. The minimum absolute atomic E-state index is 0.0106. The number of thioether (sulfide) groups is 1. The van der Waals surface area contributed by atoms with Crippen LogP contribution in [0, 0.1) is 0 Å².